The Morgan fingerprint density at radius 1 is 1.32 bits per heavy atom. The molecular formula is C15H23N3O2S2. The number of thiazole rings is 1. The van der Waals surface area contributed by atoms with E-state index >= 15 is 0 Å². The SMILES string of the molecule is O=C(NC1(CO)CCSCC1)c1csc(N2CCCCC2)n1. The molecule has 1 aromatic heterocycles. The number of anilines is 1. The van der Waals surface area contributed by atoms with E-state index in [0.29, 0.717) is 5.69 Å². The molecule has 2 aliphatic rings. The van der Waals surface area contributed by atoms with Gasteiger partial charge in [-0.2, -0.15) is 11.8 Å². The minimum Gasteiger partial charge on any atom is -0.394 e. The maximum absolute atomic E-state index is 12.5. The van der Waals surface area contributed by atoms with Crippen LogP contribution in [0.25, 0.3) is 0 Å². The highest BCUT2D eigenvalue weighted by atomic mass is 32.2. The molecule has 0 aliphatic carbocycles. The van der Waals surface area contributed by atoms with E-state index in [1.807, 2.05) is 17.1 Å². The van der Waals surface area contributed by atoms with Crippen LogP contribution in [0.3, 0.4) is 0 Å². The monoisotopic (exact) mass is 341 g/mol. The van der Waals surface area contributed by atoms with E-state index in [1.54, 1.807) is 11.3 Å². The Hall–Kier alpha value is -0.790. The van der Waals surface area contributed by atoms with Crippen LogP contribution in [0, 0.1) is 0 Å². The van der Waals surface area contributed by atoms with E-state index in [-0.39, 0.29) is 12.5 Å². The molecule has 2 N–H and O–H groups in total. The first-order valence-electron chi connectivity index (χ1n) is 7.94. The summed E-state index contributed by atoms with van der Waals surface area (Å²) in [6.45, 7) is 2.07. The summed E-state index contributed by atoms with van der Waals surface area (Å²) >= 11 is 3.42. The lowest BCUT2D eigenvalue weighted by atomic mass is 9.93. The number of aliphatic hydroxyl groups excluding tert-OH is 1. The van der Waals surface area contributed by atoms with Crippen LogP contribution in [0.15, 0.2) is 5.38 Å². The number of hydrogen-bond acceptors (Lipinski definition) is 6. The molecule has 3 rings (SSSR count). The lowest BCUT2D eigenvalue weighted by Gasteiger charge is -2.35. The molecule has 0 spiro atoms. The van der Waals surface area contributed by atoms with Crippen LogP contribution >= 0.6 is 23.1 Å². The van der Waals surface area contributed by atoms with E-state index in [1.165, 1.54) is 19.3 Å². The molecule has 22 heavy (non-hydrogen) atoms. The third kappa shape index (κ3) is 3.58. The molecule has 5 nitrogen and oxygen atoms in total. The number of nitrogens with one attached hydrogen (secondary N) is 1. The van der Waals surface area contributed by atoms with E-state index in [0.717, 1.165) is 42.6 Å². The number of nitrogens with zero attached hydrogens (tertiary/aromatic N) is 2. The number of piperidine rings is 1. The Morgan fingerprint density at radius 2 is 2.05 bits per heavy atom. The lowest BCUT2D eigenvalue weighted by molar-refractivity contribution is 0.0813. The van der Waals surface area contributed by atoms with Crippen molar-refractivity contribution >= 4 is 34.1 Å². The van der Waals surface area contributed by atoms with Gasteiger partial charge in [0.25, 0.3) is 5.91 Å². The third-order valence-corrected chi connectivity index (χ3v) is 6.37. The maximum Gasteiger partial charge on any atom is 0.271 e. The van der Waals surface area contributed by atoms with E-state index in [4.69, 9.17) is 0 Å². The highest BCUT2D eigenvalue weighted by molar-refractivity contribution is 7.99. The molecule has 1 aromatic rings. The fraction of sp³-hybridized carbons (Fsp3) is 0.733. The molecular weight excluding hydrogens is 318 g/mol. The maximum atomic E-state index is 12.5. The number of aliphatic hydroxyl groups is 1. The molecule has 0 bridgehead atoms. The fourth-order valence-electron chi connectivity index (χ4n) is 2.99. The highest BCUT2D eigenvalue weighted by Crippen LogP contribution is 2.28. The van der Waals surface area contributed by atoms with Crippen molar-refractivity contribution in [3.63, 3.8) is 0 Å². The van der Waals surface area contributed by atoms with Crippen molar-refractivity contribution in [2.75, 3.05) is 36.1 Å². The van der Waals surface area contributed by atoms with Gasteiger partial charge in [-0.05, 0) is 43.6 Å². The van der Waals surface area contributed by atoms with Crippen LogP contribution in [0.2, 0.25) is 0 Å². The first-order valence-corrected chi connectivity index (χ1v) is 9.97. The zero-order valence-corrected chi connectivity index (χ0v) is 14.3. The van der Waals surface area contributed by atoms with Crippen molar-refractivity contribution < 1.29 is 9.90 Å². The van der Waals surface area contributed by atoms with E-state index in [9.17, 15) is 9.90 Å². The minimum atomic E-state index is -0.461. The molecule has 2 saturated heterocycles. The molecule has 0 atom stereocenters. The Morgan fingerprint density at radius 3 is 2.73 bits per heavy atom. The Balaban J connectivity index is 1.65. The predicted molar refractivity (Wildman–Crippen MR) is 92.0 cm³/mol. The van der Waals surface area contributed by atoms with Gasteiger partial charge >= 0.3 is 0 Å². The van der Waals surface area contributed by atoms with Gasteiger partial charge in [-0.25, -0.2) is 4.98 Å². The van der Waals surface area contributed by atoms with Crippen molar-refractivity contribution in [1.29, 1.82) is 0 Å². The predicted octanol–water partition coefficient (Wildman–Crippen LogP) is 2.12. The number of thioether (sulfide) groups is 1. The fourth-order valence-corrected chi connectivity index (χ4v) is 5.12. The summed E-state index contributed by atoms with van der Waals surface area (Å²) in [6.07, 6.45) is 5.33. The molecule has 0 aromatic carbocycles. The van der Waals surface area contributed by atoms with Crippen molar-refractivity contribution in [2.45, 2.75) is 37.6 Å². The van der Waals surface area contributed by atoms with Crippen LogP contribution < -0.4 is 10.2 Å². The van der Waals surface area contributed by atoms with Gasteiger partial charge in [0.2, 0.25) is 0 Å². The third-order valence-electron chi connectivity index (χ3n) is 4.48. The van der Waals surface area contributed by atoms with Gasteiger partial charge in [0.1, 0.15) is 5.69 Å². The van der Waals surface area contributed by atoms with Crippen LogP contribution in [0.5, 0.6) is 0 Å². The van der Waals surface area contributed by atoms with Crippen LogP contribution in [0.1, 0.15) is 42.6 Å². The molecule has 0 unspecified atom stereocenters. The van der Waals surface area contributed by atoms with Crippen LogP contribution in [-0.2, 0) is 0 Å². The summed E-state index contributed by atoms with van der Waals surface area (Å²) in [7, 11) is 0. The normalized spacial score (nSPS) is 21.6. The molecule has 7 heteroatoms. The zero-order valence-electron chi connectivity index (χ0n) is 12.7. The van der Waals surface area contributed by atoms with Crippen molar-refractivity contribution in [3.8, 4) is 0 Å². The van der Waals surface area contributed by atoms with Gasteiger partial charge in [-0.1, -0.05) is 0 Å². The number of amides is 1. The number of rotatable bonds is 4. The Labute approximate surface area is 139 Å². The molecule has 0 saturated carbocycles. The zero-order chi connectivity index (χ0) is 15.4. The number of carbonyl (C=O) groups is 1. The van der Waals surface area contributed by atoms with Crippen molar-refractivity contribution in [1.82, 2.24) is 10.3 Å². The minimum absolute atomic E-state index is 0.00240. The highest BCUT2D eigenvalue weighted by Gasteiger charge is 2.34. The van der Waals surface area contributed by atoms with Gasteiger partial charge in [0, 0.05) is 18.5 Å². The number of hydrogen-bond donors (Lipinski definition) is 2. The summed E-state index contributed by atoms with van der Waals surface area (Å²) < 4.78 is 0. The second kappa shape index (κ2) is 7.19. The average Bonchev–Trinajstić information content (AvgIpc) is 3.07. The lowest BCUT2D eigenvalue weighted by Crippen LogP contribution is -2.53. The van der Waals surface area contributed by atoms with E-state index < -0.39 is 5.54 Å². The first kappa shape index (κ1) is 16.1. The smallest absolute Gasteiger partial charge is 0.271 e. The Bertz CT molecular complexity index is 509. The molecule has 0 radical (unpaired) electrons. The molecule has 2 fully saturated rings. The topological polar surface area (TPSA) is 65.5 Å². The summed E-state index contributed by atoms with van der Waals surface area (Å²) in [6, 6.07) is 0. The molecule has 3 heterocycles. The first-order chi connectivity index (χ1) is 10.7. The second-order valence-corrected chi connectivity index (χ2v) is 8.13. The van der Waals surface area contributed by atoms with Gasteiger partial charge in [-0.3, -0.25) is 4.79 Å². The van der Waals surface area contributed by atoms with Gasteiger partial charge in [-0.15, -0.1) is 11.3 Å². The van der Waals surface area contributed by atoms with Crippen LogP contribution in [0.4, 0.5) is 5.13 Å². The summed E-state index contributed by atoms with van der Waals surface area (Å²) in [5, 5.41) is 15.5. The van der Waals surface area contributed by atoms with Crippen molar-refractivity contribution in [2.24, 2.45) is 0 Å². The van der Waals surface area contributed by atoms with Gasteiger partial charge in [0.15, 0.2) is 5.13 Å². The molecule has 122 valence electrons. The average molecular weight is 342 g/mol. The van der Waals surface area contributed by atoms with Crippen LogP contribution in [-0.4, -0.2) is 52.7 Å². The summed E-state index contributed by atoms with van der Waals surface area (Å²) in [5.74, 6) is 1.81. The van der Waals surface area contributed by atoms with E-state index in [2.05, 4.69) is 15.2 Å². The standard InChI is InChI=1S/C15H23N3O2S2/c19-11-15(4-8-21-9-5-15)17-13(20)12-10-22-14(16-12)18-6-2-1-3-7-18/h10,19H,1-9,11H2,(H,17,20). The summed E-state index contributed by atoms with van der Waals surface area (Å²) in [5.41, 5.74) is 0.0219. The quantitative estimate of drug-likeness (QED) is 0.878. The largest absolute Gasteiger partial charge is 0.394 e. The van der Waals surface area contributed by atoms with Gasteiger partial charge < -0.3 is 15.3 Å². The van der Waals surface area contributed by atoms with Gasteiger partial charge in [0.05, 0.1) is 12.1 Å². The molecule has 2 aliphatic heterocycles. The Kier molecular flexibility index (Phi) is 5.25. The number of aromatic nitrogens is 1. The van der Waals surface area contributed by atoms with Crippen molar-refractivity contribution in [3.05, 3.63) is 11.1 Å². The number of carbonyl (C=O) groups excluding carboxylic acids is 1. The summed E-state index contributed by atoms with van der Waals surface area (Å²) in [4.78, 5) is 19.2. The molecule has 1 amide bonds. The second-order valence-electron chi connectivity index (χ2n) is 6.07.